The zero-order chi connectivity index (χ0) is 19.4. The third kappa shape index (κ3) is 6.16. The molecule has 1 nitrogen and oxygen atoms in total. The second kappa shape index (κ2) is 9.26. The molecule has 0 fully saturated rings. The molecule has 1 aromatic rings. The summed E-state index contributed by atoms with van der Waals surface area (Å²) in [6.07, 6.45) is 3.43. The molecule has 0 N–H and O–H groups in total. The van der Waals surface area contributed by atoms with Crippen LogP contribution in [0.2, 0.25) is 0 Å². The lowest BCUT2D eigenvalue weighted by Crippen LogP contribution is -2.20. The summed E-state index contributed by atoms with van der Waals surface area (Å²) in [7, 11) is 0. The molecule has 0 saturated heterocycles. The highest BCUT2D eigenvalue weighted by Crippen LogP contribution is 2.38. The van der Waals surface area contributed by atoms with Crippen LogP contribution in [0.5, 0.6) is 0 Å². The lowest BCUT2D eigenvalue weighted by Gasteiger charge is -2.26. The summed E-state index contributed by atoms with van der Waals surface area (Å²) in [5, 5.41) is 0.254. The molecule has 0 amide bonds. The third-order valence-corrected chi connectivity index (χ3v) is 5.98. The van der Waals surface area contributed by atoms with Gasteiger partial charge in [0.25, 0.3) is 0 Å². The van der Waals surface area contributed by atoms with E-state index in [0.717, 1.165) is 12.0 Å². The SMILES string of the molecule is CCCCC(C)(C)SC(=O)c1c(C(C)C)cc(C(C)C)cc1C(C)C. The van der Waals surface area contributed by atoms with Crippen LogP contribution in [0.15, 0.2) is 12.1 Å². The summed E-state index contributed by atoms with van der Waals surface area (Å²) in [6.45, 7) is 19.9. The fourth-order valence-corrected chi connectivity index (χ4v) is 4.23. The minimum absolute atomic E-state index is 0.00763. The minimum atomic E-state index is -0.00763. The second-order valence-corrected chi connectivity index (χ2v) is 10.5. The maximum Gasteiger partial charge on any atom is 0.220 e. The van der Waals surface area contributed by atoms with Crippen molar-refractivity contribution >= 4 is 16.9 Å². The van der Waals surface area contributed by atoms with Gasteiger partial charge in [0.1, 0.15) is 0 Å². The summed E-state index contributed by atoms with van der Waals surface area (Å²) < 4.78 is -0.00763. The Morgan fingerprint density at radius 3 is 1.80 bits per heavy atom. The van der Waals surface area contributed by atoms with Gasteiger partial charge in [-0.05, 0) is 40.9 Å². The smallest absolute Gasteiger partial charge is 0.220 e. The van der Waals surface area contributed by atoms with Crippen molar-refractivity contribution in [3.63, 3.8) is 0 Å². The molecular weight excluding hydrogens is 324 g/mol. The van der Waals surface area contributed by atoms with Crippen LogP contribution in [0, 0.1) is 0 Å². The molecular formula is C23H38OS. The number of rotatable bonds is 8. The van der Waals surface area contributed by atoms with Crippen LogP contribution in [0.25, 0.3) is 0 Å². The van der Waals surface area contributed by atoms with Gasteiger partial charge >= 0.3 is 0 Å². The summed E-state index contributed by atoms with van der Waals surface area (Å²) in [5.41, 5.74) is 4.76. The fraction of sp³-hybridized carbons (Fsp3) is 0.696. The number of benzene rings is 1. The lowest BCUT2D eigenvalue weighted by atomic mass is 9.85. The molecule has 2 heteroatoms. The average Bonchev–Trinajstić information content (AvgIpc) is 2.50. The van der Waals surface area contributed by atoms with Gasteiger partial charge in [-0.15, -0.1) is 0 Å². The van der Waals surface area contributed by atoms with E-state index in [2.05, 4.69) is 74.4 Å². The molecule has 0 heterocycles. The maximum absolute atomic E-state index is 13.3. The monoisotopic (exact) mass is 362 g/mol. The van der Waals surface area contributed by atoms with E-state index in [1.54, 1.807) is 0 Å². The van der Waals surface area contributed by atoms with Gasteiger partial charge in [0, 0.05) is 10.3 Å². The molecule has 25 heavy (non-hydrogen) atoms. The first-order chi connectivity index (χ1) is 11.5. The Hall–Kier alpha value is -0.760. The van der Waals surface area contributed by atoms with E-state index < -0.39 is 0 Å². The highest BCUT2D eigenvalue weighted by Gasteiger charge is 2.28. The topological polar surface area (TPSA) is 17.1 Å². The van der Waals surface area contributed by atoms with Crippen LogP contribution in [-0.4, -0.2) is 9.86 Å². The summed E-state index contributed by atoms with van der Waals surface area (Å²) in [6, 6.07) is 4.54. The molecule has 0 atom stereocenters. The molecule has 1 rings (SSSR count). The molecule has 0 unspecified atom stereocenters. The van der Waals surface area contributed by atoms with Gasteiger partial charge in [0.2, 0.25) is 5.12 Å². The predicted octanol–water partition coefficient (Wildman–Crippen LogP) is 7.90. The standard InChI is InChI=1S/C23H38OS/c1-10-11-12-23(8,9)25-22(24)21-19(16(4)5)13-18(15(2)3)14-20(21)17(6)7/h13-17H,10-12H2,1-9H3. The van der Waals surface area contributed by atoms with Crippen molar-refractivity contribution in [3.8, 4) is 0 Å². The van der Waals surface area contributed by atoms with E-state index in [-0.39, 0.29) is 9.86 Å². The Labute approximate surface area is 160 Å². The normalized spacial score (nSPS) is 12.5. The van der Waals surface area contributed by atoms with Gasteiger partial charge in [-0.25, -0.2) is 0 Å². The van der Waals surface area contributed by atoms with Crippen LogP contribution >= 0.6 is 11.8 Å². The Kier molecular flexibility index (Phi) is 8.25. The summed E-state index contributed by atoms with van der Waals surface area (Å²) in [4.78, 5) is 13.3. The first-order valence-corrected chi connectivity index (χ1v) is 10.7. The van der Waals surface area contributed by atoms with Crippen molar-refractivity contribution in [2.24, 2.45) is 0 Å². The molecule has 0 bridgehead atoms. The van der Waals surface area contributed by atoms with Gasteiger partial charge in [0.15, 0.2) is 0 Å². The van der Waals surface area contributed by atoms with Gasteiger partial charge in [0.05, 0.1) is 0 Å². The predicted molar refractivity (Wildman–Crippen MR) is 114 cm³/mol. The Bertz CT molecular complexity index is 553. The van der Waals surface area contributed by atoms with E-state index in [1.165, 1.54) is 41.3 Å². The van der Waals surface area contributed by atoms with E-state index in [9.17, 15) is 4.79 Å². The average molecular weight is 363 g/mol. The molecule has 0 aliphatic carbocycles. The molecule has 0 radical (unpaired) electrons. The number of thioether (sulfide) groups is 1. The van der Waals surface area contributed by atoms with Crippen LogP contribution in [0.4, 0.5) is 0 Å². The number of carbonyl (C=O) groups is 1. The molecule has 0 aliphatic rings. The van der Waals surface area contributed by atoms with Crippen molar-refractivity contribution in [3.05, 3.63) is 34.4 Å². The van der Waals surface area contributed by atoms with Crippen molar-refractivity contribution in [1.29, 1.82) is 0 Å². The highest BCUT2D eigenvalue weighted by atomic mass is 32.2. The van der Waals surface area contributed by atoms with Gasteiger partial charge in [-0.3, -0.25) is 4.79 Å². The quantitative estimate of drug-likeness (QED) is 0.467. The van der Waals surface area contributed by atoms with Crippen molar-refractivity contribution in [2.75, 3.05) is 0 Å². The maximum atomic E-state index is 13.3. The molecule has 142 valence electrons. The third-order valence-electron chi connectivity index (χ3n) is 4.84. The van der Waals surface area contributed by atoms with Crippen LogP contribution in [0.1, 0.15) is 126 Å². The van der Waals surface area contributed by atoms with E-state index in [0.29, 0.717) is 17.8 Å². The number of unbranched alkanes of at least 4 members (excludes halogenated alkanes) is 1. The van der Waals surface area contributed by atoms with E-state index in [4.69, 9.17) is 0 Å². The Morgan fingerprint density at radius 2 is 1.44 bits per heavy atom. The Morgan fingerprint density at radius 1 is 0.960 bits per heavy atom. The van der Waals surface area contributed by atoms with Gasteiger partial charge in [-0.1, -0.05) is 99.0 Å². The number of hydrogen-bond donors (Lipinski definition) is 0. The van der Waals surface area contributed by atoms with Crippen molar-refractivity contribution in [2.45, 2.75) is 104 Å². The summed E-state index contributed by atoms with van der Waals surface area (Å²) >= 11 is 1.53. The number of carbonyl (C=O) groups excluding carboxylic acids is 1. The van der Waals surface area contributed by atoms with Crippen molar-refractivity contribution in [1.82, 2.24) is 0 Å². The van der Waals surface area contributed by atoms with Gasteiger partial charge < -0.3 is 0 Å². The van der Waals surface area contributed by atoms with E-state index in [1.807, 2.05) is 0 Å². The summed E-state index contributed by atoms with van der Waals surface area (Å²) in [5.74, 6) is 1.19. The molecule has 1 aromatic carbocycles. The zero-order valence-corrected chi connectivity index (χ0v) is 18.6. The van der Waals surface area contributed by atoms with Crippen LogP contribution < -0.4 is 0 Å². The van der Waals surface area contributed by atoms with Crippen LogP contribution in [0.3, 0.4) is 0 Å². The molecule has 0 spiro atoms. The first-order valence-electron chi connectivity index (χ1n) is 9.91. The molecule has 0 saturated carbocycles. The fourth-order valence-electron chi connectivity index (χ4n) is 3.15. The van der Waals surface area contributed by atoms with Gasteiger partial charge in [-0.2, -0.15) is 0 Å². The minimum Gasteiger partial charge on any atom is -0.282 e. The molecule has 0 aromatic heterocycles. The highest BCUT2D eigenvalue weighted by molar-refractivity contribution is 8.15. The van der Waals surface area contributed by atoms with E-state index >= 15 is 0 Å². The van der Waals surface area contributed by atoms with Crippen molar-refractivity contribution < 1.29 is 4.79 Å². The second-order valence-electron chi connectivity index (χ2n) is 8.79. The molecule has 0 aliphatic heterocycles. The number of hydrogen-bond acceptors (Lipinski definition) is 2. The lowest BCUT2D eigenvalue weighted by molar-refractivity contribution is 0.108. The van der Waals surface area contributed by atoms with Crippen LogP contribution in [-0.2, 0) is 0 Å². The Balaban J connectivity index is 3.38. The zero-order valence-electron chi connectivity index (χ0n) is 17.8. The largest absolute Gasteiger partial charge is 0.282 e. The first kappa shape index (κ1) is 22.3.